The lowest BCUT2D eigenvalue weighted by Crippen LogP contribution is -1.95. The predicted octanol–water partition coefficient (Wildman–Crippen LogP) is 2.46. The standard InChI is InChI=1S/C12H14O3S/c1-14-11-7-10(8-13)12(15-2)6-9(11)4-3-5-16/h3-4,6-8,16H,5H2,1-2H3. The third-order valence-electron chi connectivity index (χ3n) is 2.11. The molecule has 0 aromatic heterocycles. The maximum atomic E-state index is 10.8. The van der Waals surface area contributed by atoms with Gasteiger partial charge in [-0.3, -0.25) is 4.79 Å². The fraction of sp³-hybridized carbons (Fsp3) is 0.250. The van der Waals surface area contributed by atoms with Gasteiger partial charge in [0.1, 0.15) is 11.5 Å². The van der Waals surface area contributed by atoms with Gasteiger partial charge in [0.25, 0.3) is 0 Å². The van der Waals surface area contributed by atoms with Crippen LogP contribution < -0.4 is 9.47 Å². The van der Waals surface area contributed by atoms with Crippen LogP contribution in [0.3, 0.4) is 0 Å². The fourth-order valence-corrected chi connectivity index (χ4v) is 1.45. The summed E-state index contributed by atoms with van der Waals surface area (Å²) in [5.74, 6) is 1.82. The molecule has 0 amide bonds. The molecule has 0 aliphatic rings. The third-order valence-corrected chi connectivity index (χ3v) is 2.32. The first kappa shape index (κ1) is 12.6. The van der Waals surface area contributed by atoms with Gasteiger partial charge < -0.3 is 9.47 Å². The molecule has 3 nitrogen and oxygen atoms in total. The molecule has 1 aromatic rings. The summed E-state index contributed by atoms with van der Waals surface area (Å²) in [5.41, 5.74) is 1.33. The van der Waals surface area contributed by atoms with Crippen molar-refractivity contribution < 1.29 is 14.3 Å². The summed E-state index contributed by atoms with van der Waals surface area (Å²) in [4.78, 5) is 10.8. The van der Waals surface area contributed by atoms with Crippen molar-refractivity contribution >= 4 is 25.0 Å². The molecular weight excluding hydrogens is 224 g/mol. The SMILES string of the molecule is COc1cc(C=CCS)c(OC)cc1C=O. The molecule has 1 aromatic carbocycles. The Labute approximate surface area is 100 Å². The van der Waals surface area contributed by atoms with Crippen molar-refractivity contribution in [1.82, 2.24) is 0 Å². The summed E-state index contributed by atoms with van der Waals surface area (Å²) in [7, 11) is 3.09. The molecule has 0 heterocycles. The molecule has 0 fully saturated rings. The van der Waals surface area contributed by atoms with E-state index in [2.05, 4.69) is 12.6 Å². The van der Waals surface area contributed by atoms with Crippen molar-refractivity contribution in [2.45, 2.75) is 0 Å². The Morgan fingerprint density at radius 1 is 1.19 bits per heavy atom. The van der Waals surface area contributed by atoms with E-state index in [1.54, 1.807) is 19.2 Å². The van der Waals surface area contributed by atoms with Crippen LogP contribution in [0.15, 0.2) is 18.2 Å². The Bertz CT molecular complexity index is 399. The first-order valence-corrected chi connectivity index (χ1v) is 5.38. The molecule has 1 rings (SSSR count). The van der Waals surface area contributed by atoms with E-state index < -0.39 is 0 Å². The number of methoxy groups -OCH3 is 2. The van der Waals surface area contributed by atoms with Crippen LogP contribution in [0.1, 0.15) is 15.9 Å². The lowest BCUT2D eigenvalue weighted by molar-refractivity contribution is 0.112. The van der Waals surface area contributed by atoms with Gasteiger partial charge in [-0.25, -0.2) is 0 Å². The van der Waals surface area contributed by atoms with Crippen molar-refractivity contribution in [2.24, 2.45) is 0 Å². The summed E-state index contributed by atoms with van der Waals surface area (Å²) < 4.78 is 10.3. The number of carbonyl (C=O) groups is 1. The molecule has 0 unspecified atom stereocenters. The van der Waals surface area contributed by atoms with Crippen molar-refractivity contribution in [2.75, 3.05) is 20.0 Å². The van der Waals surface area contributed by atoms with Gasteiger partial charge in [0.2, 0.25) is 0 Å². The number of aldehydes is 1. The van der Waals surface area contributed by atoms with Gasteiger partial charge in [0, 0.05) is 11.3 Å². The van der Waals surface area contributed by atoms with Crippen molar-refractivity contribution in [3.05, 3.63) is 29.3 Å². The maximum Gasteiger partial charge on any atom is 0.153 e. The molecule has 16 heavy (non-hydrogen) atoms. The molecule has 0 aliphatic heterocycles. The molecule has 0 bridgehead atoms. The lowest BCUT2D eigenvalue weighted by Gasteiger charge is -2.09. The summed E-state index contributed by atoms with van der Waals surface area (Å²) in [6, 6.07) is 3.42. The molecule has 86 valence electrons. The van der Waals surface area contributed by atoms with Gasteiger partial charge in [-0.2, -0.15) is 12.6 Å². The van der Waals surface area contributed by atoms with Crippen LogP contribution >= 0.6 is 12.6 Å². The molecule has 0 spiro atoms. The van der Waals surface area contributed by atoms with Crippen LogP contribution in [0.5, 0.6) is 11.5 Å². The topological polar surface area (TPSA) is 35.5 Å². The number of ether oxygens (including phenoxy) is 2. The van der Waals surface area contributed by atoms with E-state index >= 15 is 0 Å². The number of hydrogen-bond acceptors (Lipinski definition) is 4. The average molecular weight is 238 g/mol. The fourth-order valence-electron chi connectivity index (χ4n) is 1.35. The molecule has 0 N–H and O–H groups in total. The Balaban J connectivity index is 3.25. The van der Waals surface area contributed by atoms with E-state index in [0.29, 0.717) is 22.8 Å². The minimum Gasteiger partial charge on any atom is -0.496 e. The Morgan fingerprint density at radius 3 is 2.25 bits per heavy atom. The smallest absolute Gasteiger partial charge is 0.153 e. The first-order valence-electron chi connectivity index (χ1n) is 4.75. The minimum absolute atomic E-state index is 0.474. The molecule has 0 saturated heterocycles. The van der Waals surface area contributed by atoms with Gasteiger partial charge in [-0.05, 0) is 12.1 Å². The van der Waals surface area contributed by atoms with E-state index in [4.69, 9.17) is 9.47 Å². The second-order valence-corrected chi connectivity index (χ2v) is 3.40. The van der Waals surface area contributed by atoms with Gasteiger partial charge >= 0.3 is 0 Å². The van der Waals surface area contributed by atoms with Crippen LogP contribution in [0, 0.1) is 0 Å². The highest BCUT2D eigenvalue weighted by Gasteiger charge is 2.08. The third kappa shape index (κ3) is 2.79. The number of carbonyl (C=O) groups excluding carboxylic acids is 1. The quantitative estimate of drug-likeness (QED) is 0.632. The highest BCUT2D eigenvalue weighted by atomic mass is 32.1. The molecule has 0 aliphatic carbocycles. The van der Waals surface area contributed by atoms with Gasteiger partial charge in [0.05, 0.1) is 19.8 Å². The normalized spacial score (nSPS) is 10.4. The summed E-state index contributed by atoms with van der Waals surface area (Å²) in [6.45, 7) is 0. The van der Waals surface area contributed by atoms with E-state index in [0.717, 1.165) is 11.8 Å². The monoisotopic (exact) mass is 238 g/mol. The first-order chi connectivity index (χ1) is 7.76. The largest absolute Gasteiger partial charge is 0.496 e. The zero-order chi connectivity index (χ0) is 12.0. The number of benzene rings is 1. The van der Waals surface area contributed by atoms with E-state index in [1.165, 1.54) is 7.11 Å². The van der Waals surface area contributed by atoms with Crippen LogP contribution in [0.25, 0.3) is 6.08 Å². The Kier molecular flexibility index (Phi) is 4.92. The Hall–Kier alpha value is -1.42. The van der Waals surface area contributed by atoms with E-state index in [9.17, 15) is 4.79 Å². The van der Waals surface area contributed by atoms with Crippen LogP contribution in [0.4, 0.5) is 0 Å². The highest BCUT2D eigenvalue weighted by molar-refractivity contribution is 7.80. The van der Waals surface area contributed by atoms with Gasteiger partial charge in [0.15, 0.2) is 6.29 Å². The molecule has 0 atom stereocenters. The van der Waals surface area contributed by atoms with E-state index in [-0.39, 0.29) is 0 Å². The predicted molar refractivity (Wildman–Crippen MR) is 67.8 cm³/mol. The van der Waals surface area contributed by atoms with Crippen molar-refractivity contribution in [1.29, 1.82) is 0 Å². The molecule has 0 saturated carbocycles. The lowest BCUT2D eigenvalue weighted by atomic mass is 10.1. The van der Waals surface area contributed by atoms with Crippen molar-refractivity contribution in [3.8, 4) is 11.5 Å². The zero-order valence-corrected chi connectivity index (χ0v) is 10.2. The number of rotatable bonds is 5. The molecular formula is C12H14O3S. The summed E-state index contributed by atoms with van der Waals surface area (Å²) in [5, 5.41) is 0. The average Bonchev–Trinajstić information content (AvgIpc) is 2.35. The van der Waals surface area contributed by atoms with Crippen molar-refractivity contribution in [3.63, 3.8) is 0 Å². The molecule has 0 radical (unpaired) electrons. The van der Waals surface area contributed by atoms with Crippen LogP contribution in [-0.4, -0.2) is 26.3 Å². The Morgan fingerprint density at radius 2 is 1.75 bits per heavy atom. The second kappa shape index (κ2) is 6.23. The van der Waals surface area contributed by atoms with Crippen LogP contribution in [-0.2, 0) is 0 Å². The zero-order valence-electron chi connectivity index (χ0n) is 9.27. The van der Waals surface area contributed by atoms with Gasteiger partial charge in [-0.15, -0.1) is 0 Å². The second-order valence-electron chi connectivity index (χ2n) is 3.04. The highest BCUT2D eigenvalue weighted by Crippen LogP contribution is 2.28. The number of thiol groups is 1. The van der Waals surface area contributed by atoms with E-state index in [1.807, 2.05) is 12.2 Å². The molecule has 4 heteroatoms. The van der Waals surface area contributed by atoms with Crippen LogP contribution in [0.2, 0.25) is 0 Å². The summed E-state index contributed by atoms with van der Waals surface area (Å²) >= 11 is 4.09. The summed E-state index contributed by atoms with van der Waals surface area (Å²) in [6.07, 6.45) is 4.51. The van der Waals surface area contributed by atoms with Gasteiger partial charge in [-0.1, -0.05) is 12.2 Å². The minimum atomic E-state index is 0.474. The number of hydrogen-bond donors (Lipinski definition) is 1. The maximum absolute atomic E-state index is 10.8.